The number of nitrogens with zero attached hydrogens (tertiary/aromatic N) is 3. The molecule has 0 bridgehead atoms. The van der Waals surface area contributed by atoms with E-state index in [1.54, 1.807) is 16.2 Å². The Morgan fingerprint density at radius 3 is 3.00 bits per heavy atom. The molecule has 28 heavy (non-hydrogen) atoms. The Morgan fingerprint density at radius 1 is 1.39 bits per heavy atom. The first-order valence-corrected chi connectivity index (χ1v) is 10.2. The van der Waals surface area contributed by atoms with Gasteiger partial charge < -0.3 is 19.4 Å². The Hall–Kier alpha value is -2.45. The lowest BCUT2D eigenvalue weighted by Gasteiger charge is -2.27. The zero-order chi connectivity index (χ0) is 19.5. The van der Waals surface area contributed by atoms with Crippen LogP contribution >= 0.6 is 11.3 Å². The van der Waals surface area contributed by atoms with Gasteiger partial charge in [0.05, 0.1) is 29.2 Å². The zero-order valence-electron chi connectivity index (χ0n) is 16.1. The van der Waals surface area contributed by atoms with Gasteiger partial charge in [-0.05, 0) is 26.8 Å². The van der Waals surface area contributed by atoms with Gasteiger partial charge in [0.2, 0.25) is 0 Å². The highest BCUT2D eigenvalue weighted by atomic mass is 32.1. The van der Waals surface area contributed by atoms with Gasteiger partial charge in [0.15, 0.2) is 0 Å². The standard InChI is InChI=1S/C20H22N4O3S/c1-19(2,3)27-18(25)24-5-4-20(10-24)16-12(9-26-20)7-22-17-13(16)6-14(23-17)15-8-21-11-28-15/h6-8,11H,4-5,9-10H2,1-3H3,(H,22,23). The Balaban J connectivity index is 1.52. The Morgan fingerprint density at radius 2 is 2.25 bits per heavy atom. The Bertz CT molecular complexity index is 1050. The fourth-order valence-corrected chi connectivity index (χ4v) is 4.71. The summed E-state index contributed by atoms with van der Waals surface area (Å²) in [5.74, 6) is 0. The normalized spacial score (nSPS) is 21.6. The molecule has 7 nitrogen and oxygen atoms in total. The van der Waals surface area contributed by atoms with Gasteiger partial charge in [-0.2, -0.15) is 0 Å². The maximum atomic E-state index is 12.6. The minimum atomic E-state index is -0.511. The molecule has 2 aliphatic rings. The summed E-state index contributed by atoms with van der Waals surface area (Å²) in [7, 11) is 0. The lowest BCUT2D eigenvalue weighted by atomic mass is 9.90. The summed E-state index contributed by atoms with van der Waals surface area (Å²) in [5.41, 5.74) is 4.89. The van der Waals surface area contributed by atoms with Crippen LogP contribution in [0.5, 0.6) is 0 Å². The molecule has 146 valence electrons. The number of nitrogens with one attached hydrogen (secondary N) is 1. The average molecular weight is 398 g/mol. The van der Waals surface area contributed by atoms with Crippen LogP contribution in [0, 0.1) is 0 Å². The number of aromatic amines is 1. The van der Waals surface area contributed by atoms with Crippen LogP contribution in [0.3, 0.4) is 0 Å². The second-order valence-corrected chi connectivity index (χ2v) is 9.29. The van der Waals surface area contributed by atoms with Crippen LogP contribution in [-0.2, 0) is 21.7 Å². The lowest BCUT2D eigenvalue weighted by molar-refractivity contribution is -0.0320. The number of rotatable bonds is 1. The van der Waals surface area contributed by atoms with Gasteiger partial charge in [0, 0.05) is 41.9 Å². The first kappa shape index (κ1) is 17.6. The zero-order valence-corrected chi connectivity index (χ0v) is 16.9. The summed E-state index contributed by atoms with van der Waals surface area (Å²) in [5, 5.41) is 1.06. The first-order chi connectivity index (χ1) is 13.3. The van der Waals surface area contributed by atoms with E-state index >= 15 is 0 Å². The van der Waals surface area contributed by atoms with Crippen LogP contribution < -0.4 is 0 Å². The second-order valence-electron chi connectivity index (χ2n) is 8.40. The number of hydrogen-bond acceptors (Lipinski definition) is 6. The topological polar surface area (TPSA) is 80.3 Å². The molecule has 3 aromatic heterocycles. The molecular weight excluding hydrogens is 376 g/mol. The van der Waals surface area contributed by atoms with Crippen molar-refractivity contribution in [3.8, 4) is 10.6 Å². The van der Waals surface area contributed by atoms with E-state index in [0.29, 0.717) is 19.7 Å². The van der Waals surface area contributed by atoms with Crippen molar-refractivity contribution in [3.05, 3.63) is 35.1 Å². The van der Waals surface area contributed by atoms with Crippen molar-refractivity contribution in [2.24, 2.45) is 0 Å². The fraction of sp³-hybridized carbons (Fsp3) is 0.450. The number of H-pyrrole nitrogens is 1. The van der Waals surface area contributed by atoms with Crippen LogP contribution in [-0.4, -0.2) is 44.6 Å². The van der Waals surface area contributed by atoms with Crippen molar-refractivity contribution in [1.29, 1.82) is 0 Å². The van der Waals surface area contributed by atoms with E-state index in [1.807, 2.05) is 38.7 Å². The molecule has 0 saturated carbocycles. The van der Waals surface area contributed by atoms with Gasteiger partial charge in [-0.25, -0.2) is 9.78 Å². The molecule has 1 saturated heterocycles. The number of ether oxygens (including phenoxy) is 2. The van der Waals surface area contributed by atoms with Crippen molar-refractivity contribution >= 4 is 28.5 Å². The number of carbonyl (C=O) groups is 1. The first-order valence-electron chi connectivity index (χ1n) is 9.36. The Kier molecular flexibility index (Phi) is 3.79. The largest absolute Gasteiger partial charge is 0.444 e. The summed E-state index contributed by atoms with van der Waals surface area (Å²) < 4.78 is 11.8. The molecule has 5 heterocycles. The fourth-order valence-electron chi connectivity index (χ4n) is 4.12. The molecular formula is C20H22N4O3S. The maximum absolute atomic E-state index is 12.6. The lowest BCUT2D eigenvalue weighted by Crippen LogP contribution is -2.38. The number of hydrogen-bond donors (Lipinski definition) is 1. The maximum Gasteiger partial charge on any atom is 0.410 e. The van der Waals surface area contributed by atoms with E-state index in [1.165, 1.54) is 0 Å². The second kappa shape index (κ2) is 6.02. The quantitative estimate of drug-likeness (QED) is 0.669. The smallest absolute Gasteiger partial charge is 0.410 e. The number of aromatic nitrogens is 3. The molecule has 5 rings (SSSR count). The number of carbonyl (C=O) groups excluding carboxylic acids is 1. The summed E-state index contributed by atoms with van der Waals surface area (Å²) in [4.78, 5) is 27.5. The van der Waals surface area contributed by atoms with Crippen LogP contribution in [0.1, 0.15) is 38.3 Å². The number of amides is 1. The van der Waals surface area contributed by atoms with Crippen molar-refractivity contribution in [1.82, 2.24) is 19.9 Å². The van der Waals surface area contributed by atoms with Gasteiger partial charge in [0.1, 0.15) is 16.8 Å². The third-order valence-corrected chi connectivity index (χ3v) is 6.08. The van der Waals surface area contributed by atoms with E-state index < -0.39 is 11.2 Å². The third-order valence-electron chi connectivity index (χ3n) is 5.28. The van der Waals surface area contributed by atoms with E-state index in [-0.39, 0.29) is 6.09 Å². The van der Waals surface area contributed by atoms with E-state index in [9.17, 15) is 4.79 Å². The molecule has 3 aromatic rings. The molecule has 1 fully saturated rings. The summed E-state index contributed by atoms with van der Waals surface area (Å²) in [6, 6.07) is 2.13. The van der Waals surface area contributed by atoms with Gasteiger partial charge in [-0.3, -0.25) is 4.98 Å². The predicted molar refractivity (Wildman–Crippen MR) is 106 cm³/mol. The SMILES string of the molecule is CC(C)(C)OC(=O)N1CCC2(C1)OCc1cnc3[nH]c(-c4cncs4)cc3c12. The van der Waals surface area contributed by atoms with Crippen LogP contribution in [0.15, 0.2) is 24.0 Å². The molecule has 1 spiro atoms. The number of thiazole rings is 1. The summed E-state index contributed by atoms with van der Waals surface area (Å²) in [6.45, 7) is 7.27. The molecule has 1 amide bonds. The Labute approximate surface area is 166 Å². The number of pyridine rings is 1. The molecule has 1 unspecified atom stereocenters. The average Bonchev–Trinajstić information content (AvgIpc) is 3.40. The van der Waals surface area contributed by atoms with Gasteiger partial charge in [-0.15, -0.1) is 11.3 Å². The summed E-state index contributed by atoms with van der Waals surface area (Å²) in [6.07, 6.45) is 4.20. The monoisotopic (exact) mass is 398 g/mol. The highest BCUT2D eigenvalue weighted by Crippen LogP contribution is 2.47. The van der Waals surface area contributed by atoms with Crippen molar-refractivity contribution in [2.45, 2.75) is 45.0 Å². The minimum absolute atomic E-state index is 0.286. The molecule has 2 aliphatic heterocycles. The van der Waals surface area contributed by atoms with Crippen molar-refractivity contribution < 1.29 is 14.3 Å². The number of likely N-dealkylation sites (tertiary alicyclic amines) is 1. The summed E-state index contributed by atoms with van der Waals surface area (Å²) >= 11 is 1.59. The van der Waals surface area contributed by atoms with Crippen molar-refractivity contribution in [3.63, 3.8) is 0 Å². The molecule has 8 heteroatoms. The van der Waals surface area contributed by atoms with Crippen LogP contribution in [0.4, 0.5) is 4.79 Å². The minimum Gasteiger partial charge on any atom is -0.444 e. The van der Waals surface area contributed by atoms with Crippen LogP contribution in [0.2, 0.25) is 0 Å². The predicted octanol–water partition coefficient (Wildman–Crippen LogP) is 4.05. The van der Waals surface area contributed by atoms with Crippen LogP contribution in [0.25, 0.3) is 21.6 Å². The highest BCUT2D eigenvalue weighted by Gasteiger charge is 2.49. The van der Waals surface area contributed by atoms with Crippen molar-refractivity contribution in [2.75, 3.05) is 13.1 Å². The molecule has 0 radical (unpaired) electrons. The highest BCUT2D eigenvalue weighted by molar-refractivity contribution is 7.13. The van der Waals surface area contributed by atoms with Gasteiger partial charge in [0.25, 0.3) is 0 Å². The third kappa shape index (κ3) is 2.79. The van der Waals surface area contributed by atoms with Gasteiger partial charge >= 0.3 is 6.09 Å². The van der Waals surface area contributed by atoms with Gasteiger partial charge in [-0.1, -0.05) is 0 Å². The molecule has 0 aromatic carbocycles. The molecule has 1 atom stereocenters. The van der Waals surface area contributed by atoms with E-state index in [0.717, 1.165) is 39.2 Å². The van der Waals surface area contributed by atoms with E-state index in [2.05, 4.69) is 21.0 Å². The van der Waals surface area contributed by atoms with E-state index in [4.69, 9.17) is 9.47 Å². The molecule has 0 aliphatic carbocycles. The number of fused-ring (bicyclic) bond motifs is 4. The molecule has 1 N–H and O–H groups in total.